The van der Waals surface area contributed by atoms with E-state index in [1.807, 2.05) is 0 Å². The summed E-state index contributed by atoms with van der Waals surface area (Å²) >= 11 is 0. The average Bonchev–Trinajstić information content (AvgIpc) is 2.18. The lowest BCUT2D eigenvalue weighted by Gasteiger charge is -1.95. The zero-order chi connectivity index (χ0) is 9.19. The second kappa shape index (κ2) is 7.85. The van der Waals surface area contributed by atoms with Crippen LogP contribution in [0.5, 0.6) is 0 Å². The highest BCUT2D eigenvalue weighted by atomic mass is 13.9. The molecule has 1 aliphatic carbocycles. The third-order valence-corrected chi connectivity index (χ3v) is 2.31. The zero-order valence-electron chi connectivity index (χ0n) is 8.41. The Labute approximate surface area is 82.0 Å². The van der Waals surface area contributed by atoms with Crippen LogP contribution in [0.15, 0.2) is 36.5 Å². The van der Waals surface area contributed by atoms with Crippen molar-refractivity contribution >= 4 is 0 Å². The molecule has 0 nitrogen and oxygen atoms in total. The van der Waals surface area contributed by atoms with Crippen LogP contribution in [0.2, 0.25) is 0 Å². The van der Waals surface area contributed by atoms with E-state index >= 15 is 0 Å². The van der Waals surface area contributed by atoms with Crippen molar-refractivity contribution in [3.8, 4) is 0 Å². The minimum atomic E-state index is 1.09. The van der Waals surface area contributed by atoms with E-state index in [9.17, 15) is 0 Å². The molecule has 1 rings (SSSR count). The Hall–Kier alpha value is -0.780. The van der Waals surface area contributed by atoms with Crippen LogP contribution in [-0.4, -0.2) is 0 Å². The summed E-state index contributed by atoms with van der Waals surface area (Å²) in [5.41, 5.74) is 0. The van der Waals surface area contributed by atoms with Crippen molar-refractivity contribution in [2.75, 3.05) is 0 Å². The van der Waals surface area contributed by atoms with E-state index < -0.39 is 0 Å². The minimum Gasteiger partial charge on any atom is -0.0882 e. The molecule has 0 aromatic carbocycles. The maximum absolute atomic E-state index is 2.31. The lowest BCUT2D eigenvalue weighted by atomic mass is 10.1. The molecule has 0 heteroatoms. The van der Waals surface area contributed by atoms with E-state index in [0.29, 0.717) is 0 Å². The van der Waals surface area contributed by atoms with Crippen LogP contribution in [0, 0.1) is 0 Å². The van der Waals surface area contributed by atoms with E-state index in [1.165, 1.54) is 38.5 Å². The lowest BCUT2D eigenvalue weighted by Crippen LogP contribution is -1.76. The number of hydrogen-bond donors (Lipinski definition) is 0. The maximum atomic E-state index is 2.31. The first-order valence-electron chi connectivity index (χ1n) is 5.47. The molecular formula is C13H20. The van der Waals surface area contributed by atoms with Gasteiger partial charge in [-0.05, 0) is 32.1 Å². The van der Waals surface area contributed by atoms with E-state index in [-0.39, 0.29) is 0 Å². The highest BCUT2D eigenvalue weighted by molar-refractivity contribution is 5.04. The largest absolute Gasteiger partial charge is 0.0882 e. The van der Waals surface area contributed by atoms with Crippen molar-refractivity contribution in [1.29, 1.82) is 0 Å². The Kier molecular flexibility index (Phi) is 6.22. The van der Waals surface area contributed by atoms with Gasteiger partial charge >= 0.3 is 0 Å². The summed E-state index contributed by atoms with van der Waals surface area (Å²) in [5, 5.41) is 0. The van der Waals surface area contributed by atoms with Crippen molar-refractivity contribution in [2.24, 2.45) is 0 Å². The molecule has 13 heavy (non-hydrogen) atoms. The predicted octanol–water partition coefficient (Wildman–Crippen LogP) is 4.40. The molecule has 0 fully saturated rings. The molecule has 72 valence electrons. The average molecular weight is 176 g/mol. The molecule has 0 unspecified atom stereocenters. The standard InChI is InChI=1S/C13H20/c1-2-4-6-8-10-12-13-11-9-7-5-3-1/h1-4,7,9H,5-6,8,10-13H2/b3-1+,4-2+,9-7+. The quantitative estimate of drug-likeness (QED) is 0.480. The minimum absolute atomic E-state index is 1.09. The summed E-state index contributed by atoms with van der Waals surface area (Å²) < 4.78 is 0. The molecule has 0 N–H and O–H groups in total. The Bertz CT molecular complexity index is 184. The van der Waals surface area contributed by atoms with Crippen LogP contribution in [0.1, 0.15) is 44.9 Å². The maximum Gasteiger partial charge on any atom is -0.0166 e. The van der Waals surface area contributed by atoms with E-state index in [2.05, 4.69) is 36.5 Å². The van der Waals surface area contributed by atoms with Gasteiger partial charge in [0.05, 0.1) is 0 Å². The Balaban J connectivity index is 2.29. The Morgan fingerprint density at radius 2 is 1.23 bits per heavy atom. The van der Waals surface area contributed by atoms with Crippen molar-refractivity contribution in [1.82, 2.24) is 0 Å². The lowest BCUT2D eigenvalue weighted by molar-refractivity contribution is 0.652. The van der Waals surface area contributed by atoms with Crippen molar-refractivity contribution in [3.05, 3.63) is 36.5 Å². The zero-order valence-corrected chi connectivity index (χ0v) is 8.41. The molecule has 1 aliphatic rings. The summed E-state index contributed by atoms with van der Waals surface area (Å²) in [4.78, 5) is 0. The van der Waals surface area contributed by atoms with Crippen LogP contribution in [0.3, 0.4) is 0 Å². The molecule has 0 radical (unpaired) electrons. The van der Waals surface area contributed by atoms with Gasteiger partial charge < -0.3 is 0 Å². The van der Waals surface area contributed by atoms with E-state index in [1.54, 1.807) is 0 Å². The third kappa shape index (κ3) is 6.39. The fraction of sp³-hybridized carbons (Fsp3) is 0.538. The van der Waals surface area contributed by atoms with Crippen LogP contribution < -0.4 is 0 Å². The van der Waals surface area contributed by atoms with Gasteiger partial charge in [0, 0.05) is 0 Å². The molecule has 0 saturated carbocycles. The Morgan fingerprint density at radius 3 is 2.08 bits per heavy atom. The van der Waals surface area contributed by atoms with Crippen LogP contribution >= 0.6 is 0 Å². The predicted molar refractivity (Wildman–Crippen MR) is 59.7 cm³/mol. The third-order valence-electron chi connectivity index (χ3n) is 2.31. The first-order chi connectivity index (χ1) is 6.50. The van der Waals surface area contributed by atoms with Gasteiger partial charge in [-0.1, -0.05) is 49.3 Å². The molecule has 0 heterocycles. The molecule has 0 aliphatic heterocycles. The SMILES string of the molecule is C1=C/C/C=C/CCCCCC/C=C/1. The van der Waals surface area contributed by atoms with Crippen molar-refractivity contribution in [2.45, 2.75) is 44.9 Å². The van der Waals surface area contributed by atoms with Gasteiger partial charge in [0.1, 0.15) is 0 Å². The second-order valence-electron chi connectivity index (χ2n) is 3.55. The van der Waals surface area contributed by atoms with Gasteiger partial charge in [-0.2, -0.15) is 0 Å². The number of hydrogen-bond acceptors (Lipinski definition) is 0. The normalized spacial score (nSPS) is 27.7. The highest BCUT2D eigenvalue weighted by Gasteiger charge is 1.87. The van der Waals surface area contributed by atoms with Gasteiger partial charge in [0.15, 0.2) is 0 Å². The molecular weight excluding hydrogens is 156 g/mol. The van der Waals surface area contributed by atoms with Gasteiger partial charge in [0.25, 0.3) is 0 Å². The van der Waals surface area contributed by atoms with Crippen LogP contribution in [-0.2, 0) is 0 Å². The van der Waals surface area contributed by atoms with Gasteiger partial charge in [-0.25, -0.2) is 0 Å². The second-order valence-corrected chi connectivity index (χ2v) is 3.55. The van der Waals surface area contributed by atoms with Crippen LogP contribution in [0.4, 0.5) is 0 Å². The summed E-state index contributed by atoms with van der Waals surface area (Å²) in [7, 11) is 0. The van der Waals surface area contributed by atoms with Crippen molar-refractivity contribution < 1.29 is 0 Å². The Morgan fingerprint density at radius 1 is 0.538 bits per heavy atom. The molecule has 0 amide bonds. The van der Waals surface area contributed by atoms with Crippen LogP contribution in [0.25, 0.3) is 0 Å². The topological polar surface area (TPSA) is 0 Å². The molecule has 0 atom stereocenters. The van der Waals surface area contributed by atoms with Gasteiger partial charge in [0.2, 0.25) is 0 Å². The first kappa shape index (κ1) is 10.3. The molecule has 0 aromatic rings. The number of rotatable bonds is 0. The van der Waals surface area contributed by atoms with Crippen molar-refractivity contribution in [3.63, 3.8) is 0 Å². The summed E-state index contributed by atoms with van der Waals surface area (Å²) in [5.74, 6) is 0. The molecule has 0 spiro atoms. The fourth-order valence-electron chi connectivity index (χ4n) is 1.50. The monoisotopic (exact) mass is 176 g/mol. The summed E-state index contributed by atoms with van der Waals surface area (Å²) in [6, 6.07) is 0. The molecule has 0 aromatic heterocycles. The van der Waals surface area contributed by atoms with E-state index in [0.717, 1.165) is 6.42 Å². The molecule has 0 bridgehead atoms. The molecule has 0 saturated heterocycles. The fourth-order valence-corrected chi connectivity index (χ4v) is 1.50. The van der Waals surface area contributed by atoms with Gasteiger partial charge in [-0.3, -0.25) is 0 Å². The first-order valence-corrected chi connectivity index (χ1v) is 5.47. The number of allylic oxidation sites excluding steroid dienone is 6. The highest BCUT2D eigenvalue weighted by Crippen LogP contribution is 2.07. The van der Waals surface area contributed by atoms with Gasteiger partial charge in [-0.15, -0.1) is 0 Å². The summed E-state index contributed by atoms with van der Waals surface area (Å²) in [6.07, 6.45) is 22.5. The van der Waals surface area contributed by atoms with E-state index in [4.69, 9.17) is 0 Å². The smallest absolute Gasteiger partial charge is 0.0166 e. The summed E-state index contributed by atoms with van der Waals surface area (Å²) in [6.45, 7) is 0.